The lowest BCUT2D eigenvalue weighted by molar-refractivity contribution is -0.123. The molecule has 102 valence electrons. The van der Waals surface area contributed by atoms with Crippen LogP contribution in [0, 0.1) is 17.8 Å². The van der Waals surface area contributed by atoms with Crippen LogP contribution in [0.4, 0.5) is 0 Å². The van der Waals surface area contributed by atoms with Crippen LogP contribution in [0.15, 0.2) is 0 Å². The number of carbonyl (C=O) groups is 1. The Morgan fingerprint density at radius 2 is 1.88 bits per heavy atom. The van der Waals surface area contributed by atoms with Crippen LogP contribution in [0.3, 0.4) is 0 Å². The first kappa shape index (κ1) is 16.7. The van der Waals surface area contributed by atoms with Gasteiger partial charge in [0.2, 0.25) is 5.91 Å². The van der Waals surface area contributed by atoms with E-state index in [1.165, 1.54) is 12.8 Å². The maximum absolute atomic E-state index is 11.6. The lowest BCUT2D eigenvalue weighted by atomic mass is 9.74. The van der Waals surface area contributed by atoms with Gasteiger partial charge in [-0.3, -0.25) is 4.79 Å². The molecule has 0 aromatic carbocycles. The molecule has 1 rings (SSSR count). The van der Waals surface area contributed by atoms with E-state index in [0.29, 0.717) is 23.8 Å². The fourth-order valence-electron chi connectivity index (χ4n) is 2.68. The molecule has 1 saturated carbocycles. The SMILES string of the molecule is CC1CCC(C(C)C)C(NC(=O)[C@@H](C)N)C1.Cl. The molecule has 17 heavy (non-hydrogen) atoms. The monoisotopic (exact) mass is 262 g/mol. The Bertz CT molecular complexity index is 244. The molecule has 3 N–H and O–H groups in total. The predicted molar refractivity (Wildman–Crippen MR) is 74.2 cm³/mol. The first-order valence-electron chi connectivity index (χ1n) is 6.47. The van der Waals surface area contributed by atoms with Gasteiger partial charge in [0.15, 0.2) is 0 Å². The Kier molecular flexibility index (Phi) is 7.10. The van der Waals surface area contributed by atoms with Crippen molar-refractivity contribution in [2.24, 2.45) is 23.5 Å². The molecule has 0 heterocycles. The van der Waals surface area contributed by atoms with Crippen LogP contribution in [0.1, 0.15) is 47.0 Å². The molecule has 1 aliphatic carbocycles. The Hall–Kier alpha value is -0.280. The molecule has 3 nitrogen and oxygen atoms in total. The standard InChI is InChI=1S/C13H26N2O.ClH/c1-8(2)11-6-5-9(3)7-12(11)15-13(16)10(4)14;/h8-12H,5-7,14H2,1-4H3,(H,15,16);1H/t9?,10-,11?,12?;/m1./s1. The summed E-state index contributed by atoms with van der Waals surface area (Å²) in [7, 11) is 0. The number of hydrogen-bond donors (Lipinski definition) is 2. The summed E-state index contributed by atoms with van der Waals surface area (Å²) >= 11 is 0. The number of nitrogens with two attached hydrogens (primary N) is 1. The van der Waals surface area contributed by atoms with E-state index in [0.717, 1.165) is 6.42 Å². The molecular weight excluding hydrogens is 236 g/mol. The zero-order chi connectivity index (χ0) is 12.3. The topological polar surface area (TPSA) is 55.1 Å². The first-order valence-corrected chi connectivity index (χ1v) is 6.47. The Balaban J connectivity index is 0.00000256. The van der Waals surface area contributed by atoms with Crippen LogP contribution in [0.25, 0.3) is 0 Å². The summed E-state index contributed by atoms with van der Waals surface area (Å²) in [6.45, 7) is 8.49. The highest BCUT2D eigenvalue weighted by molar-refractivity contribution is 5.85. The van der Waals surface area contributed by atoms with Gasteiger partial charge in [-0.15, -0.1) is 12.4 Å². The highest BCUT2D eigenvalue weighted by Crippen LogP contribution is 2.33. The van der Waals surface area contributed by atoms with Crippen LogP contribution >= 0.6 is 12.4 Å². The molecule has 1 amide bonds. The number of amides is 1. The average molecular weight is 263 g/mol. The molecular formula is C13H27ClN2O. The van der Waals surface area contributed by atoms with Crippen LogP contribution < -0.4 is 11.1 Å². The van der Waals surface area contributed by atoms with Gasteiger partial charge in [0, 0.05) is 6.04 Å². The van der Waals surface area contributed by atoms with Crippen molar-refractivity contribution in [2.75, 3.05) is 0 Å². The van der Waals surface area contributed by atoms with Crippen molar-refractivity contribution in [2.45, 2.75) is 59.0 Å². The number of carbonyl (C=O) groups excluding carboxylic acids is 1. The summed E-state index contributed by atoms with van der Waals surface area (Å²) in [5, 5.41) is 3.12. The minimum Gasteiger partial charge on any atom is -0.352 e. The van der Waals surface area contributed by atoms with Crippen molar-refractivity contribution >= 4 is 18.3 Å². The number of hydrogen-bond acceptors (Lipinski definition) is 2. The first-order chi connectivity index (χ1) is 7.41. The molecule has 0 aliphatic heterocycles. The van der Waals surface area contributed by atoms with E-state index in [1.807, 2.05) is 0 Å². The van der Waals surface area contributed by atoms with E-state index in [-0.39, 0.29) is 18.3 Å². The molecule has 1 fully saturated rings. The third-order valence-corrected chi connectivity index (χ3v) is 3.76. The van der Waals surface area contributed by atoms with Crippen LogP contribution in [-0.4, -0.2) is 18.0 Å². The van der Waals surface area contributed by atoms with Gasteiger partial charge in [0.05, 0.1) is 6.04 Å². The van der Waals surface area contributed by atoms with Gasteiger partial charge < -0.3 is 11.1 Å². The van der Waals surface area contributed by atoms with Crippen molar-refractivity contribution in [3.63, 3.8) is 0 Å². The molecule has 4 heteroatoms. The molecule has 0 radical (unpaired) electrons. The maximum atomic E-state index is 11.6. The predicted octanol–water partition coefficient (Wildman–Crippen LogP) is 2.33. The Labute approximate surface area is 111 Å². The second-order valence-electron chi connectivity index (χ2n) is 5.73. The van der Waals surface area contributed by atoms with E-state index in [4.69, 9.17) is 5.73 Å². The van der Waals surface area contributed by atoms with Crippen molar-refractivity contribution in [1.29, 1.82) is 0 Å². The quantitative estimate of drug-likeness (QED) is 0.820. The van der Waals surface area contributed by atoms with E-state index < -0.39 is 6.04 Å². The second-order valence-corrected chi connectivity index (χ2v) is 5.73. The third-order valence-electron chi connectivity index (χ3n) is 3.76. The van der Waals surface area contributed by atoms with Gasteiger partial charge in [0.1, 0.15) is 0 Å². The maximum Gasteiger partial charge on any atom is 0.236 e. The van der Waals surface area contributed by atoms with Crippen molar-refractivity contribution < 1.29 is 4.79 Å². The van der Waals surface area contributed by atoms with Crippen LogP contribution in [-0.2, 0) is 4.79 Å². The van der Waals surface area contributed by atoms with Crippen molar-refractivity contribution in [3.05, 3.63) is 0 Å². The zero-order valence-electron chi connectivity index (χ0n) is 11.4. The molecule has 0 bridgehead atoms. The van der Waals surface area contributed by atoms with Gasteiger partial charge >= 0.3 is 0 Å². The van der Waals surface area contributed by atoms with Crippen LogP contribution in [0.2, 0.25) is 0 Å². The van der Waals surface area contributed by atoms with Gasteiger partial charge in [-0.2, -0.15) is 0 Å². The largest absolute Gasteiger partial charge is 0.352 e. The summed E-state index contributed by atoms with van der Waals surface area (Å²) < 4.78 is 0. The third kappa shape index (κ3) is 4.84. The summed E-state index contributed by atoms with van der Waals surface area (Å²) in [4.78, 5) is 11.6. The van der Waals surface area contributed by atoms with Gasteiger partial charge in [0.25, 0.3) is 0 Å². The van der Waals surface area contributed by atoms with Gasteiger partial charge in [-0.05, 0) is 37.5 Å². The fourth-order valence-corrected chi connectivity index (χ4v) is 2.68. The molecule has 0 spiro atoms. The minimum absolute atomic E-state index is 0. The molecule has 4 atom stereocenters. The second kappa shape index (κ2) is 7.22. The van der Waals surface area contributed by atoms with E-state index in [1.54, 1.807) is 6.92 Å². The lowest BCUT2D eigenvalue weighted by Gasteiger charge is -2.38. The number of halogens is 1. The molecule has 3 unspecified atom stereocenters. The van der Waals surface area contributed by atoms with E-state index >= 15 is 0 Å². The molecule has 0 aromatic rings. The summed E-state index contributed by atoms with van der Waals surface area (Å²) in [5.74, 6) is 1.95. The summed E-state index contributed by atoms with van der Waals surface area (Å²) in [6.07, 6.45) is 3.61. The number of rotatable bonds is 3. The molecule has 0 saturated heterocycles. The Morgan fingerprint density at radius 1 is 1.29 bits per heavy atom. The highest BCUT2D eigenvalue weighted by atomic mass is 35.5. The van der Waals surface area contributed by atoms with Gasteiger partial charge in [-0.25, -0.2) is 0 Å². The van der Waals surface area contributed by atoms with Crippen molar-refractivity contribution in [1.82, 2.24) is 5.32 Å². The van der Waals surface area contributed by atoms with Gasteiger partial charge in [-0.1, -0.05) is 27.2 Å². The van der Waals surface area contributed by atoms with E-state index in [2.05, 4.69) is 26.1 Å². The fraction of sp³-hybridized carbons (Fsp3) is 0.923. The smallest absolute Gasteiger partial charge is 0.236 e. The average Bonchev–Trinajstić information content (AvgIpc) is 2.16. The molecule has 1 aliphatic rings. The highest BCUT2D eigenvalue weighted by Gasteiger charge is 2.31. The Morgan fingerprint density at radius 3 is 2.35 bits per heavy atom. The summed E-state index contributed by atoms with van der Waals surface area (Å²) in [6, 6.07) is -0.0766. The van der Waals surface area contributed by atoms with Crippen molar-refractivity contribution in [3.8, 4) is 0 Å². The normalized spacial score (nSPS) is 30.6. The minimum atomic E-state index is -0.398. The zero-order valence-corrected chi connectivity index (χ0v) is 12.2. The lowest BCUT2D eigenvalue weighted by Crippen LogP contribution is -2.50. The summed E-state index contributed by atoms with van der Waals surface area (Å²) in [5.41, 5.74) is 5.60. The van der Waals surface area contributed by atoms with E-state index in [9.17, 15) is 4.79 Å². The molecule has 0 aromatic heterocycles. The number of nitrogens with one attached hydrogen (secondary N) is 1. The van der Waals surface area contributed by atoms with Crippen LogP contribution in [0.5, 0.6) is 0 Å².